The number of nitrogens with zero attached hydrogens (tertiary/aromatic N) is 1. The van der Waals surface area contributed by atoms with Gasteiger partial charge in [-0.05, 0) is 12.1 Å². The minimum absolute atomic E-state index is 0.216. The molecule has 20 heavy (non-hydrogen) atoms. The van der Waals surface area contributed by atoms with Crippen molar-refractivity contribution in [3.05, 3.63) is 29.6 Å². The molecule has 1 amide bonds. The molecule has 0 saturated carbocycles. The Kier molecular flexibility index (Phi) is 5.32. The zero-order chi connectivity index (χ0) is 15.3. The largest absolute Gasteiger partial charge is 0.468 e. The molecule has 0 fully saturated rings. The summed E-state index contributed by atoms with van der Waals surface area (Å²) in [6.07, 6.45) is -3.97. The van der Waals surface area contributed by atoms with Gasteiger partial charge in [0.2, 0.25) is 0 Å². The summed E-state index contributed by atoms with van der Waals surface area (Å²) < 4.78 is 41.2. The SMILES string of the molecule is COC(=O)C(Cl)CNC(=O)c1ccc(C(F)(F)F)cn1. The first kappa shape index (κ1) is 16.2. The minimum Gasteiger partial charge on any atom is -0.468 e. The minimum atomic E-state index is -4.52. The molecule has 0 aliphatic rings. The van der Waals surface area contributed by atoms with Gasteiger partial charge in [0.25, 0.3) is 5.91 Å². The summed E-state index contributed by atoms with van der Waals surface area (Å²) in [5.41, 5.74) is -1.18. The molecule has 1 rings (SSSR count). The Morgan fingerprint density at radius 1 is 1.45 bits per heavy atom. The number of nitrogens with one attached hydrogen (secondary N) is 1. The Labute approximate surface area is 117 Å². The lowest BCUT2D eigenvalue weighted by Gasteiger charge is -2.09. The molecule has 9 heteroatoms. The van der Waals surface area contributed by atoms with Gasteiger partial charge in [-0.2, -0.15) is 13.2 Å². The molecule has 0 aromatic carbocycles. The molecule has 0 bridgehead atoms. The number of alkyl halides is 4. The summed E-state index contributed by atoms with van der Waals surface area (Å²) in [6, 6.07) is 1.67. The highest BCUT2D eigenvalue weighted by molar-refractivity contribution is 6.30. The van der Waals surface area contributed by atoms with E-state index in [0.29, 0.717) is 6.20 Å². The predicted molar refractivity (Wildman–Crippen MR) is 63.2 cm³/mol. The highest BCUT2D eigenvalue weighted by Gasteiger charge is 2.31. The van der Waals surface area contributed by atoms with Crippen LogP contribution in [0.25, 0.3) is 0 Å². The summed E-state index contributed by atoms with van der Waals surface area (Å²) in [4.78, 5) is 25.9. The van der Waals surface area contributed by atoms with Gasteiger partial charge >= 0.3 is 12.1 Å². The van der Waals surface area contributed by atoms with E-state index in [1.165, 1.54) is 0 Å². The number of hydrogen-bond donors (Lipinski definition) is 1. The second-order valence-corrected chi connectivity index (χ2v) is 4.16. The first-order valence-electron chi connectivity index (χ1n) is 5.29. The van der Waals surface area contributed by atoms with E-state index in [1.807, 2.05) is 0 Å². The van der Waals surface area contributed by atoms with Crippen molar-refractivity contribution in [2.45, 2.75) is 11.6 Å². The topological polar surface area (TPSA) is 68.3 Å². The van der Waals surface area contributed by atoms with Gasteiger partial charge in [0.05, 0.1) is 12.7 Å². The van der Waals surface area contributed by atoms with Gasteiger partial charge in [0.1, 0.15) is 11.1 Å². The van der Waals surface area contributed by atoms with Crippen LogP contribution in [0.3, 0.4) is 0 Å². The average Bonchev–Trinajstić information content (AvgIpc) is 2.42. The van der Waals surface area contributed by atoms with E-state index in [1.54, 1.807) is 0 Å². The lowest BCUT2D eigenvalue weighted by Crippen LogP contribution is -2.34. The number of esters is 1. The first-order valence-corrected chi connectivity index (χ1v) is 5.72. The third-order valence-corrected chi connectivity index (χ3v) is 2.55. The van der Waals surface area contributed by atoms with Crippen LogP contribution in [0.2, 0.25) is 0 Å². The van der Waals surface area contributed by atoms with E-state index in [9.17, 15) is 22.8 Å². The monoisotopic (exact) mass is 310 g/mol. The fourth-order valence-electron chi connectivity index (χ4n) is 1.18. The molecule has 1 N–H and O–H groups in total. The maximum Gasteiger partial charge on any atom is 0.417 e. The van der Waals surface area contributed by atoms with E-state index in [2.05, 4.69) is 15.0 Å². The maximum absolute atomic E-state index is 12.3. The van der Waals surface area contributed by atoms with Crippen LogP contribution >= 0.6 is 11.6 Å². The second kappa shape index (κ2) is 6.56. The number of halogens is 4. The molecule has 110 valence electrons. The van der Waals surface area contributed by atoms with E-state index in [4.69, 9.17) is 11.6 Å². The second-order valence-electron chi connectivity index (χ2n) is 3.63. The van der Waals surface area contributed by atoms with E-state index >= 15 is 0 Å². The van der Waals surface area contributed by atoms with Crippen LogP contribution in [-0.4, -0.2) is 35.9 Å². The van der Waals surface area contributed by atoms with Crippen molar-refractivity contribution in [3.63, 3.8) is 0 Å². The van der Waals surface area contributed by atoms with Gasteiger partial charge in [0, 0.05) is 12.7 Å². The highest BCUT2D eigenvalue weighted by atomic mass is 35.5. The summed E-state index contributed by atoms with van der Waals surface area (Å²) in [7, 11) is 1.14. The van der Waals surface area contributed by atoms with Crippen molar-refractivity contribution in [1.29, 1.82) is 0 Å². The van der Waals surface area contributed by atoms with Crippen molar-refractivity contribution >= 4 is 23.5 Å². The number of aromatic nitrogens is 1. The van der Waals surface area contributed by atoms with Crippen LogP contribution in [0.4, 0.5) is 13.2 Å². The van der Waals surface area contributed by atoms with Crippen LogP contribution < -0.4 is 5.32 Å². The fourth-order valence-corrected chi connectivity index (χ4v) is 1.35. The Morgan fingerprint density at radius 3 is 2.55 bits per heavy atom. The number of hydrogen-bond acceptors (Lipinski definition) is 4. The average molecular weight is 311 g/mol. The molecule has 0 aliphatic carbocycles. The van der Waals surface area contributed by atoms with Crippen molar-refractivity contribution in [3.8, 4) is 0 Å². The Bertz CT molecular complexity index is 491. The molecule has 0 aliphatic heterocycles. The Morgan fingerprint density at radius 2 is 2.10 bits per heavy atom. The molecular weight excluding hydrogens is 301 g/mol. The third kappa shape index (κ3) is 4.37. The molecule has 1 aromatic heterocycles. The lowest BCUT2D eigenvalue weighted by atomic mass is 10.2. The Hall–Kier alpha value is -1.83. The standard InChI is InChI=1S/C11H10ClF3N2O3/c1-20-10(19)7(12)5-17-9(18)8-3-2-6(4-16-8)11(13,14)15/h2-4,7H,5H2,1H3,(H,17,18). The maximum atomic E-state index is 12.3. The molecule has 1 unspecified atom stereocenters. The van der Waals surface area contributed by atoms with Crippen molar-refractivity contribution in [1.82, 2.24) is 10.3 Å². The normalized spacial score (nSPS) is 12.7. The van der Waals surface area contributed by atoms with Gasteiger partial charge in [-0.3, -0.25) is 14.6 Å². The van der Waals surface area contributed by atoms with Crippen LogP contribution in [0, 0.1) is 0 Å². The van der Waals surface area contributed by atoms with Crippen molar-refractivity contribution in [2.24, 2.45) is 0 Å². The Balaban J connectivity index is 2.63. The van der Waals surface area contributed by atoms with E-state index < -0.39 is 29.0 Å². The van der Waals surface area contributed by atoms with Crippen LogP contribution in [-0.2, 0) is 15.7 Å². The number of amides is 1. The lowest BCUT2D eigenvalue weighted by molar-refractivity contribution is -0.140. The number of rotatable bonds is 4. The molecule has 0 spiro atoms. The molecular formula is C11H10ClF3N2O3. The van der Waals surface area contributed by atoms with Gasteiger partial charge in [0.15, 0.2) is 0 Å². The molecule has 1 aromatic rings. The molecule has 0 radical (unpaired) electrons. The van der Waals surface area contributed by atoms with Crippen LogP contribution in [0.1, 0.15) is 16.1 Å². The summed E-state index contributed by atoms with van der Waals surface area (Å²) in [6.45, 7) is -0.226. The summed E-state index contributed by atoms with van der Waals surface area (Å²) >= 11 is 5.59. The number of carbonyl (C=O) groups is 2. The molecule has 1 heterocycles. The van der Waals surface area contributed by atoms with Crippen LogP contribution in [0.5, 0.6) is 0 Å². The van der Waals surface area contributed by atoms with Gasteiger partial charge in [-0.25, -0.2) is 0 Å². The molecule has 5 nitrogen and oxygen atoms in total. The smallest absolute Gasteiger partial charge is 0.417 e. The number of carbonyl (C=O) groups excluding carboxylic acids is 2. The van der Waals surface area contributed by atoms with E-state index in [0.717, 1.165) is 19.2 Å². The zero-order valence-corrected chi connectivity index (χ0v) is 11.0. The van der Waals surface area contributed by atoms with Gasteiger partial charge in [-0.15, -0.1) is 11.6 Å². The number of pyridine rings is 1. The summed E-state index contributed by atoms with van der Waals surface area (Å²) in [5, 5.41) is 1.17. The predicted octanol–water partition coefficient (Wildman–Crippen LogP) is 1.61. The highest BCUT2D eigenvalue weighted by Crippen LogP contribution is 2.28. The summed E-state index contributed by atoms with van der Waals surface area (Å²) in [5.74, 6) is -1.47. The van der Waals surface area contributed by atoms with Crippen LogP contribution in [0.15, 0.2) is 18.3 Å². The number of methoxy groups -OCH3 is 1. The first-order chi connectivity index (χ1) is 9.25. The fraction of sp³-hybridized carbons (Fsp3) is 0.364. The number of ether oxygens (including phenoxy) is 1. The molecule has 0 saturated heterocycles. The van der Waals surface area contributed by atoms with E-state index in [-0.39, 0.29) is 12.2 Å². The van der Waals surface area contributed by atoms with Crippen molar-refractivity contribution < 1.29 is 27.5 Å². The molecule has 1 atom stereocenters. The van der Waals surface area contributed by atoms with Gasteiger partial charge < -0.3 is 10.1 Å². The van der Waals surface area contributed by atoms with Gasteiger partial charge in [-0.1, -0.05) is 0 Å². The zero-order valence-electron chi connectivity index (χ0n) is 10.2. The quantitative estimate of drug-likeness (QED) is 0.677. The third-order valence-electron chi connectivity index (χ3n) is 2.22. The van der Waals surface area contributed by atoms with Crippen molar-refractivity contribution in [2.75, 3.05) is 13.7 Å².